The largest absolute Gasteiger partial charge is 1.00 e. The molecule has 0 aliphatic heterocycles. The molecule has 0 aliphatic carbocycles. The second-order valence-corrected chi connectivity index (χ2v) is 15.6. The summed E-state index contributed by atoms with van der Waals surface area (Å²) in [6.45, 7) is 6.86. The van der Waals surface area contributed by atoms with E-state index in [-0.39, 0.29) is 10.4 Å². The van der Waals surface area contributed by atoms with E-state index in [9.17, 15) is 9.90 Å². The summed E-state index contributed by atoms with van der Waals surface area (Å²) in [7, 11) is -1.43. The normalized spacial score (nSPS) is 12.3. The molecule has 1 aromatic rings. The van der Waals surface area contributed by atoms with Gasteiger partial charge in [-0.15, -0.1) is 0 Å². The fourth-order valence-corrected chi connectivity index (χ4v) is 11.4. The van der Waals surface area contributed by atoms with Crippen LogP contribution >= 0.6 is 7.26 Å². The first-order valence-electron chi connectivity index (χ1n) is 15.7. The van der Waals surface area contributed by atoms with Crippen LogP contribution in [0.1, 0.15) is 154 Å². The molecule has 1 rings (SSSR count). The SMILES string of the molecule is CCCCCCCC[P+](CCCCCCCC)(CCCCCCCC)C(CC(=O)O)c1ccccc1.[F-]. The zero-order chi connectivity index (χ0) is 26.3. The molecule has 0 bridgehead atoms. The third kappa shape index (κ3) is 16.6. The molecule has 1 unspecified atom stereocenters. The van der Waals surface area contributed by atoms with E-state index in [1.807, 2.05) is 0 Å². The molecular formula is C33H60FO2P. The van der Waals surface area contributed by atoms with E-state index < -0.39 is 13.2 Å². The quantitative estimate of drug-likeness (QED) is 0.100. The maximum Gasteiger partial charge on any atom is 0.307 e. The van der Waals surface area contributed by atoms with Crippen molar-refractivity contribution in [3.8, 4) is 0 Å². The molecule has 0 heterocycles. The standard InChI is InChI=1S/C33H59O2P.FH/c1-4-7-10-13-16-22-27-36(28-23-17-14-11-8-5-2,29-24-18-15-12-9-6-3)32(30-33(34)35)31-25-20-19-21-26-31;/h19-21,25-26,32H,4-18,22-24,27-30H2,1-3H3;1H. The molecule has 37 heavy (non-hydrogen) atoms. The van der Waals surface area contributed by atoms with Gasteiger partial charge in [0.05, 0.1) is 24.9 Å². The van der Waals surface area contributed by atoms with Crippen molar-refractivity contribution in [2.24, 2.45) is 0 Å². The van der Waals surface area contributed by atoms with Gasteiger partial charge in [0.1, 0.15) is 5.66 Å². The van der Waals surface area contributed by atoms with Crippen molar-refractivity contribution >= 4 is 13.2 Å². The maximum absolute atomic E-state index is 12.2. The number of rotatable bonds is 25. The van der Waals surface area contributed by atoms with E-state index in [1.54, 1.807) is 0 Å². The van der Waals surface area contributed by atoms with Crippen LogP contribution in [0.2, 0.25) is 0 Å². The highest BCUT2D eigenvalue weighted by atomic mass is 31.2. The molecule has 2 nitrogen and oxygen atoms in total. The van der Waals surface area contributed by atoms with Gasteiger partial charge in [0.15, 0.2) is 0 Å². The van der Waals surface area contributed by atoms with Crippen LogP contribution < -0.4 is 4.70 Å². The molecule has 0 fully saturated rings. The van der Waals surface area contributed by atoms with Crippen LogP contribution in [0.15, 0.2) is 30.3 Å². The van der Waals surface area contributed by atoms with Gasteiger partial charge >= 0.3 is 5.97 Å². The van der Waals surface area contributed by atoms with Crippen molar-refractivity contribution in [2.75, 3.05) is 18.5 Å². The Morgan fingerprint density at radius 2 is 0.973 bits per heavy atom. The number of aliphatic carboxylic acids is 1. The number of halogens is 1. The van der Waals surface area contributed by atoms with Gasteiger partial charge in [0.25, 0.3) is 0 Å². The summed E-state index contributed by atoms with van der Waals surface area (Å²) in [6, 6.07) is 10.8. The van der Waals surface area contributed by atoms with Gasteiger partial charge in [0.2, 0.25) is 0 Å². The van der Waals surface area contributed by atoms with Crippen LogP contribution in [-0.2, 0) is 4.79 Å². The van der Waals surface area contributed by atoms with Gasteiger partial charge in [-0.25, -0.2) is 0 Å². The molecule has 1 aromatic carbocycles. The van der Waals surface area contributed by atoms with E-state index in [0.717, 1.165) is 0 Å². The van der Waals surface area contributed by atoms with Gasteiger partial charge in [-0.05, 0) is 44.1 Å². The number of carboxylic acids is 1. The summed E-state index contributed by atoms with van der Waals surface area (Å²) in [5.74, 6) is -0.609. The van der Waals surface area contributed by atoms with E-state index in [4.69, 9.17) is 0 Å². The Balaban J connectivity index is 0.0000130. The third-order valence-corrected chi connectivity index (χ3v) is 13.5. The monoisotopic (exact) mass is 538 g/mol. The van der Waals surface area contributed by atoms with E-state index in [0.29, 0.717) is 6.42 Å². The van der Waals surface area contributed by atoms with Crippen LogP contribution in [0.3, 0.4) is 0 Å². The van der Waals surface area contributed by atoms with E-state index >= 15 is 0 Å². The molecule has 0 saturated heterocycles. The third-order valence-electron chi connectivity index (χ3n) is 8.08. The second kappa shape index (κ2) is 24.1. The Labute approximate surface area is 230 Å². The van der Waals surface area contributed by atoms with Crippen LogP contribution in [0.25, 0.3) is 0 Å². The van der Waals surface area contributed by atoms with Gasteiger partial charge in [0, 0.05) is 7.26 Å². The number of benzene rings is 1. The molecule has 0 amide bonds. The number of carbonyl (C=O) groups is 1. The van der Waals surface area contributed by atoms with Gasteiger partial charge < -0.3 is 9.81 Å². The summed E-state index contributed by atoms with van der Waals surface area (Å²) in [5.41, 5.74) is 1.54. The summed E-state index contributed by atoms with van der Waals surface area (Å²) in [6.07, 6.45) is 28.1. The predicted molar refractivity (Wildman–Crippen MR) is 163 cm³/mol. The lowest BCUT2D eigenvalue weighted by molar-refractivity contribution is -0.137. The van der Waals surface area contributed by atoms with Crippen LogP contribution in [0.4, 0.5) is 0 Å². The molecule has 0 radical (unpaired) electrons. The van der Waals surface area contributed by atoms with Gasteiger partial charge in [-0.3, -0.25) is 4.79 Å². The molecule has 0 aliphatic rings. The van der Waals surface area contributed by atoms with E-state index in [2.05, 4.69) is 51.1 Å². The van der Waals surface area contributed by atoms with Crippen LogP contribution in [0, 0.1) is 0 Å². The Bertz CT molecular complexity index is 596. The molecule has 4 heteroatoms. The molecule has 1 N–H and O–H groups in total. The number of hydrogen-bond acceptors (Lipinski definition) is 1. The Morgan fingerprint density at radius 1 is 0.622 bits per heavy atom. The molecule has 0 saturated carbocycles. The van der Waals surface area contributed by atoms with Gasteiger partial charge in [-0.2, -0.15) is 0 Å². The molecule has 0 aromatic heterocycles. The first-order valence-corrected chi connectivity index (χ1v) is 18.1. The van der Waals surface area contributed by atoms with Crippen molar-refractivity contribution in [3.05, 3.63) is 35.9 Å². The minimum Gasteiger partial charge on any atom is -1.00 e. The van der Waals surface area contributed by atoms with Crippen molar-refractivity contribution < 1.29 is 14.6 Å². The Kier molecular flexibility index (Phi) is 23.5. The van der Waals surface area contributed by atoms with Gasteiger partial charge in [-0.1, -0.05) is 128 Å². The second-order valence-electron chi connectivity index (χ2n) is 11.2. The smallest absolute Gasteiger partial charge is 0.307 e. The van der Waals surface area contributed by atoms with Crippen LogP contribution in [0.5, 0.6) is 0 Å². The Morgan fingerprint density at radius 3 is 1.32 bits per heavy atom. The summed E-state index contributed by atoms with van der Waals surface area (Å²) >= 11 is 0. The first-order chi connectivity index (χ1) is 17.6. The highest BCUT2D eigenvalue weighted by Crippen LogP contribution is 2.72. The summed E-state index contributed by atoms with van der Waals surface area (Å²) in [4.78, 5) is 12.2. The predicted octanol–water partition coefficient (Wildman–Crippen LogP) is 8.31. The zero-order valence-electron chi connectivity index (χ0n) is 24.7. The van der Waals surface area contributed by atoms with Crippen molar-refractivity contribution in [3.63, 3.8) is 0 Å². The fourth-order valence-electron chi connectivity index (χ4n) is 5.89. The van der Waals surface area contributed by atoms with Crippen molar-refractivity contribution in [1.82, 2.24) is 0 Å². The van der Waals surface area contributed by atoms with Crippen LogP contribution in [-0.4, -0.2) is 29.6 Å². The van der Waals surface area contributed by atoms with Crippen molar-refractivity contribution in [2.45, 2.75) is 148 Å². The minimum atomic E-state index is -1.43. The number of carboxylic acid groups (broad SMARTS) is 1. The summed E-state index contributed by atoms with van der Waals surface area (Å²) < 4.78 is 0. The Hall–Kier alpha value is -0.950. The van der Waals surface area contributed by atoms with E-state index in [1.165, 1.54) is 140 Å². The molecule has 216 valence electrons. The first kappa shape index (κ1) is 36.0. The lowest BCUT2D eigenvalue weighted by atomic mass is 10.1. The zero-order valence-corrected chi connectivity index (χ0v) is 25.6. The highest BCUT2D eigenvalue weighted by Gasteiger charge is 2.46. The highest BCUT2D eigenvalue weighted by molar-refractivity contribution is 7.76. The number of hydrogen-bond donors (Lipinski definition) is 1. The summed E-state index contributed by atoms with van der Waals surface area (Å²) in [5, 5.41) is 10.0. The lowest BCUT2D eigenvalue weighted by Crippen LogP contribution is -3.00. The average molecular weight is 539 g/mol. The molecule has 0 spiro atoms. The molecule has 1 atom stereocenters. The lowest BCUT2D eigenvalue weighted by Gasteiger charge is -2.35. The number of unbranched alkanes of at least 4 members (excludes halogenated alkanes) is 15. The topological polar surface area (TPSA) is 37.3 Å². The molecular weight excluding hydrogens is 478 g/mol. The fraction of sp³-hybridized carbons (Fsp3) is 0.788. The minimum absolute atomic E-state index is 0. The maximum atomic E-state index is 12.2. The van der Waals surface area contributed by atoms with Crippen molar-refractivity contribution in [1.29, 1.82) is 0 Å². The average Bonchev–Trinajstić information content (AvgIpc) is 2.88.